The molecule has 6 heteroatoms. The van der Waals surface area contributed by atoms with Crippen molar-refractivity contribution in [3.05, 3.63) is 77.4 Å². The lowest BCUT2D eigenvalue weighted by Crippen LogP contribution is -2.54. The normalized spacial score (nSPS) is 15.7. The van der Waals surface area contributed by atoms with Gasteiger partial charge in [-0.3, -0.25) is 14.9 Å². The van der Waals surface area contributed by atoms with Crippen LogP contribution in [0.4, 0.5) is 10.5 Å². The van der Waals surface area contributed by atoms with Crippen LogP contribution in [0.25, 0.3) is 16.8 Å². The second kappa shape index (κ2) is 7.24. The molecule has 0 radical (unpaired) electrons. The number of nitrogens with one attached hydrogen (secondary N) is 1. The fraction of sp³-hybridized carbons (Fsp3) is 0.0870. The number of benzene rings is 3. The molecule has 1 fully saturated rings. The number of anilines is 1. The van der Waals surface area contributed by atoms with Crippen LogP contribution >= 0.6 is 0 Å². The Morgan fingerprint density at radius 1 is 0.897 bits per heavy atom. The van der Waals surface area contributed by atoms with Gasteiger partial charge in [-0.1, -0.05) is 48.5 Å². The van der Waals surface area contributed by atoms with E-state index in [4.69, 9.17) is 4.74 Å². The molecular formula is C23H18N2O4. The van der Waals surface area contributed by atoms with Crippen molar-refractivity contribution in [3.63, 3.8) is 0 Å². The van der Waals surface area contributed by atoms with E-state index in [1.165, 1.54) is 6.08 Å². The van der Waals surface area contributed by atoms with Crippen LogP contribution in [0.15, 0.2) is 66.2 Å². The summed E-state index contributed by atoms with van der Waals surface area (Å²) in [5, 5.41) is 3.95. The fourth-order valence-electron chi connectivity index (χ4n) is 3.44. The Morgan fingerprint density at radius 2 is 1.59 bits per heavy atom. The number of carbonyl (C=O) groups is 3. The third-order valence-corrected chi connectivity index (χ3v) is 4.90. The molecular weight excluding hydrogens is 368 g/mol. The molecule has 1 saturated heterocycles. The first-order valence-corrected chi connectivity index (χ1v) is 9.04. The summed E-state index contributed by atoms with van der Waals surface area (Å²) in [5.74, 6) is -0.684. The van der Waals surface area contributed by atoms with E-state index in [0.717, 1.165) is 21.2 Å². The van der Waals surface area contributed by atoms with Crippen molar-refractivity contribution in [2.75, 3.05) is 12.0 Å². The standard InChI is InChI=1S/C23H18N2O4/c1-14-7-3-6-10-19(14)25-22(27)18(21(26)24-23(25)28)13-15-11-12-20(29-2)17-9-5-4-8-16(15)17/h3-13H,1-2H3,(H,24,26,28)/b18-13-. The van der Waals surface area contributed by atoms with Gasteiger partial charge in [-0.05, 0) is 41.6 Å². The second-order valence-corrected chi connectivity index (χ2v) is 6.65. The summed E-state index contributed by atoms with van der Waals surface area (Å²) in [7, 11) is 1.59. The summed E-state index contributed by atoms with van der Waals surface area (Å²) in [6.45, 7) is 1.80. The fourth-order valence-corrected chi connectivity index (χ4v) is 3.44. The van der Waals surface area contributed by atoms with E-state index < -0.39 is 17.8 Å². The third kappa shape index (κ3) is 3.14. The maximum Gasteiger partial charge on any atom is 0.335 e. The average molecular weight is 386 g/mol. The van der Waals surface area contributed by atoms with E-state index in [1.54, 1.807) is 44.4 Å². The number of urea groups is 1. The number of methoxy groups -OCH3 is 1. The molecule has 0 bridgehead atoms. The van der Waals surface area contributed by atoms with Crippen LogP contribution in [0.5, 0.6) is 5.75 Å². The van der Waals surface area contributed by atoms with Gasteiger partial charge in [0.25, 0.3) is 11.8 Å². The van der Waals surface area contributed by atoms with Gasteiger partial charge in [-0.2, -0.15) is 0 Å². The number of imide groups is 2. The molecule has 6 nitrogen and oxygen atoms in total. The van der Waals surface area contributed by atoms with Crippen LogP contribution in [0.1, 0.15) is 11.1 Å². The van der Waals surface area contributed by atoms with Crippen molar-refractivity contribution >= 4 is 40.4 Å². The first kappa shape index (κ1) is 18.4. The Morgan fingerprint density at radius 3 is 2.31 bits per heavy atom. The monoisotopic (exact) mass is 386 g/mol. The van der Waals surface area contributed by atoms with Crippen molar-refractivity contribution in [3.8, 4) is 5.75 Å². The van der Waals surface area contributed by atoms with Crippen LogP contribution < -0.4 is 15.0 Å². The van der Waals surface area contributed by atoms with Crippen LogP contribution in [-0.2, 0) is 9.59 Å². The summed E-state index contributed by atoms with van der Waals surface area (Å²) in [5.41, 5.74) is 1.76. The molecule has 0 atom stereocenters. The predicted octanol–water partition coefficient (Wildman–Crippen LogP) is 3.82. The van der Waals surface area contributed by atoms with Crippen molar-refractivity contribution in [1.29, 1.82) is 0 Å². The Bertz CT molecular complexity index is 1200. The van der Waals surface area contributed by atoms with E-state index in [1.807, 2.05) is 30.3 Å². The van der Waals surface area contributed by atoms with E-state index >= 15 is 0 Å². The van der Waals surface area contributed by atoms with Crippen LogP contribution in [0.3, 0.4) is 0 Å². The lowest BCUT2D eigenvalue weighted by atomic mass is 10.00. The third-order valence-electron chi connectivity index (χ3n) is 4.90. The zero-order valence-electron chi connectivity index (χ0n) is 15.9. The highest BCUT2D eigenvalue weighted by atomic mass is 16.5. The number of para-hydroxylation sites is 1. The second-order valence-electron chi connectivity index (χ2n) is 6.65. The lowest BCUT2D eigenvalue weighted by Gasteiger charge is -2.27. The highest BCUT2D eigenvalue weighted by Crippen LogP contribution is 2.31. The number of aryl methyl sites for hydroxylation is 1. The zero-order valence-corrected chi connectivity index (χ0v) is 15.9. The molecule has 3 aromatic rings. The topological polar surface area (TPSA) is 75.7 Å². The number of hydrogen-bond acceptors (Lipinski definition) is 4. The molecule has 1 aliphatic rings. The zero-order chi connectivity index (χ0) is 20.5. The summed E-state index contributed by atoms with van der Waals surface area (Å²) in [6.07, 6.45) is 1.51. The molecule has 0 saturated carbocycles. The van der Waals surface area contributed by atoms with E-state index in [2.05, 4.69) is 5.32 Å². The number of rotatable bonds is 3. The molecule has 1 heterocycles. The maximum atomic E-state index is 13.1. The summed E-state index contributed by atoms with van der Waals surface area (Å²) >= 11 is 0. The molecule has 4 amide bonds. The largest absolute Gasteiger partial charge is 0.496 e. The van der Waals surface area contributed by atoms with Gasteiger partial charge in [0.1, 0.15) is 11.3 Å². The molecule has 29 heavy (non-hydrogen) atoms. The SMILES string of the molecule is COc1ccc(/C=C2/C(=O)NC(=O)N(c3ccccc3C)C2=O)c2ccccc12. The summed E-state index contributed by atoms with van der Waals surface area (Å²) < 4.78 is 5.40. The maximum absolute atomic E-state index is 13.1. The molecule has 1 aliphatic heterocycles. The number of carbonyl (C=O) groups excluding carboxylic acids is 3. The first-order chi connectivity index (χ1) is 14.0. The van der Waals surface area contributed by atoms with Gasteiger partial charge >= 0.3 is 6.03 Å². The minimum Gasteiger partial charge on any atom is -0.496 e. The van der Waals surface area contributed by atoms with Gasteiger partial charge in [0.15, 0.2) is 0 Å². The van der Waals surface area contributed by atoms with Gasteiger partial charge in [-0.15, -0.1) is 0 Å². The Kier molecular flexibility index (Phi) is 4.60. The number of hydrogen-bond donors (Lipinski definition) is 1. The van der Waals surface area contributed by atoms with Gasteiger partial charge < -0.3 is 4.74 Å². The van der Waals surface area contributed by atoms with E-state index in [-0.39, 0.29) is 5.57 Å². The minimum atomic E-state index is -0.758. The highest BCUT2D eigenvalue weighted by Gasteiger charge is 2.37. The molecule has 4 rings (SSSR count). The molecule has 0 spiro atoms. The average Bonchev–Trinajstić information content (AvgIpc) is 2.72. The van der Waals surface area contributed by atoms with Crippen molar-refractivity contribution in [2.24, 2.45) is 0 Å². The van der Waals surface area contributed by atoms with Crippen LogP contribution in [-0.4, -0.2) is 25.0 Å². The van der Waals surface area contributed by atoms with Crippen LogP contribution in [0.2, 0.25) is 0 Å². The van der Waals surface area contributed by atoms with Gasteiger partial charge in [-0.25, -0.2) is 9.69 Å². The van der Waals surface area contributed by atoms with Gasteiger partial charge in [0.05, 0.1) is 12.8 Å². The van der Waals surface area contributed by atoms with Crippen molar-refractivity contribution in [1.82, 2.24) is 5.32 Å². The molecule has 0 unspecified atom stereocenters. The van der Waals surface area contributed by atoms with E-state index in [0.29, 0.717) is 17.0 Å². The number of fused-ring (bicyclic) bond motifs is 1. The summed E-state index contributed by atoms with van der Waals surface area (Å²) in [4.78, 5) is 39.0. The number of barbiturate groups is 1. The number of nitrogens with zero attached hydrogens (tertiary/aromatic N) is 1. The van der Waals surface area contributed by atoms with E-state index in [9.17, 15) is 14.4 Å². The minimum absolute atomic E-state index is 0.108. The van der Waals surface area contributed by atoms with Crippen molar-refractivity contribution in [2.45, 2.75) is 6.92 Å². The van der Waals surface area contributed by atoms with Gasteiger partial charge in [0.2, 0.25) is 0 Å². The molecule has 3 aromatic carbocycles. The first-order valence-electron chi connectivity index (χ1n) is 9.04. The molecule has 144 valence electrons. The smallest absolute Gasteiger partial charge is 0.335 e. The number of amides is 4. The molecule has 0 aliphatic carbocycles. The molecule has 1 N–H and O–H groups in total. The summed E-state index contributed by atoms with van der Waals surface area (Å²) in [6, 6.07) is 17.4. The highest BCUT2D eigenvalue weighted by molar-refractivity contribution is 6.39. The Labute approximate surface area is 167 Å². The number of ether oxygens (including phenoxy) is 1. The molecule has 0 aromatic heterocycles. The Balaban J connectivity index is 1.84. The Hall–Kier alpha value is -3.93. The van der Waals surface area contributed by atoms with Crippen LogP contribution in [0, 0.1) is 6.92 Å². The van der Waals surface area contributed by atoms with Crippen molar-refractivity contribution < 1.29 is 19.1 Å². The predicted molar refractivity (Wildman–Crippen MR) is 111 cm³/mol. The quantitative estimate of drug-likeness (QED) is 0.548. The van der Waals surface area contributed by atoms with Gasteiger partial charge in [0, 0.05) is 5.39 Å². The lowest BCUT2D eigenvalue weighted by molar-refractivity contribution is -0.122.